The second-order valence-corrected chi connectivity index (χ2v) is 6.27. The minimum atomic E-state index is -0.492. The average molecular weight is 322 g/mol. The number of cyclic esters (lactones) is 1. The highest BCUT2D eigenvalue weighted by atomic mass is 16.6. The molecule has 0 bridgehead atoms. The van der Waals surface area contributed by atoms with Crippen LogP contribution < -0.4 is 10.4 Å². The first-order valence-corrected chi connectivity index (χ1v) is 8.23. The van der Waals surface area contributed by atoms with Gasteiger partial charge in [-0.25, -0.2) is 4.79 Å². The van der Waals surface area contributed by atoms with Crippen molar-refractivity contribution < 1.29 is 19.1 Å². The van der Waals surface area contributed by atoms with Crippen LogP contribution in [0.5, 0.6) is 0 Å². The van der Waals surface area contributed by atoms with E-state index in [0.717, 1.165) is 34.1 Å². The van der Waals surface area contributed by atoms with Crippen molar-refractivity contribution in [1.29, 1.82) is 0 Å². The molecule has 24 heavy (non-hydrogen) atoms. The Balaban J connectivity index is 1.90. The summed E-state index contributed by atoms with van der Waals surface area (Å²) in [7, 11) is 0. The van der Waals surface area contributed by atoms with Crippen molar-refractivity contribution in [3.63, 3.8) is 0 Å². The Morgan fingerprint density at radius 2 is 1.83 bits per heavy atom. The Morgan fingerprint density at radius 3 is 2.54 bits per heavy atom. The van der Waals surface area contributed by atoms with Gasteiger partial charge in [0.1, 0.15) is 12.7 Å². The molecule has 1 aliphatic carbocycles. The van der Waals surface area contributed by atoms with E-state index in [0.29, 0.717) is 5.56 Å². The fraction of sp³-hybridized carbons (Fsp3) is 0.300. The van der Waals surface area contributed by atoms with E-state index in [1.807, 2.05) is 24.3 Å². The van der Waals surface area contributed by atoms with Crippen LogP contribution in [-0.2, 0) is 14.3 Å². The molecule has 0 radical (unpaired) electrons. The molecule has 122 valence electrons. The predicted octanol–water partition coefficient (Wildman–Crippen LogP) is 1.98. The van der Waals surface area contributed by atoms with E-state index >= 15 is 0 Å². The molecular formula is C20H18O4. The van der Waals surface area contributed by atoms with E-state index in [1.54, 1.807) is 0 Å². The maximum Gasteiger partial charge on any atom is 0.339 e. The molecule has 1 aliphatic heterocycles. The second kappa shape index (κ2) is 5.78. The molecule has 1 unspecified atom stereocenters. The summed E-state index contributed by atoms with van der Waals surface area (Å²) in [5.41, 5.74) is 1.79. The summed E-state index contributed by atoms with van der Waals surface area (Å²) in [5, 5.41) is 4.03. The number of fused-ring (bicyclic) bond motifs is 2. The van der Waals surface area contributed by atoms with Crippen molar-refractivity contribution in [3.05, 3.63) is 45.8 Å². The third-order valence-corrected chi connectivity index (χ3v) is 4.73. The zero-order chi connectivity index (χ0) is 16.7. The minimum absolute atomic E-state index is 0.133. The Morgan fingerprint density at radius 1 is 1.12 bits per heavy atom. The normalized spacial score (nSPS) is 19.2. The fourth-order valence-electron chi connectivity index (χ4n) is 3.58. The number of benzene rings is 2. The first-order valence-electron chi connectivity index (χ1n) is 8.23. The van der Waals surface area contributed by atoms with Gasteiger partial charge < -0.3 is 9.47 Å². The minimum Gasteiger partial charge on any atom is -0.462 e. The molecule has 0 spiro atoms. The Labute approximate surface area is 139 Å². The van der Waals surface area contributed by atoms with Crippen LogP contribution in [0.25, 0.3) is 22.9 Å². The van der Waals surface area contributed by atoms with Crippen LogP contribution in [0.4, 0.5) is 0 Å². The van der Waals surface area contributed by atoms with E-state index in [4.69, 9.17) is 9.47 Å². The van der Waals surface area contributed by atoms with Gasteiger partial charge in [0.15, 0.2) is 0 Å². The number of carbonyl (C=O) groups excluding carboxylic acids is 2. The number of rotatable bonds is 2. The standard InChI is InChI=1S/C20H18O4/c1-12-14-6-2-4-8-16(14)19(17-9-5-3-7-15(12)17)20(22)24-13-10-18(21)23-11-13/h2,4,6-9,13H,3,5,10-11H2,1H3. The first kappa shape index (κ1) is 14.9. The maximum absolute atomic E-state index is 12.9. The Kier molecular flexibility index (Phi) is 3.60. The molecule has 4 nitrogen and oxygen atoms in total. The fourth-order valence-corrected chi connectivity index (χ4v) is 3.58. The molecule has 1 saturated heterocycles. The SMILES string of the molecule is Cc1c2c(c(C(=O)OC3COC(=O)C3)c3ccccc13)=CCCC=2. The molecule has 1 fully saturated rings. The van der Waals surface area contributed by atoms with Crippen molar-refractivity contribution in [3.8, 4) is 0 Å². The van der Waals surface area contributed by atoms with E-state index < -0.39 is 6.10 Å². The molecule has 2 aromatic carbocycles. The number of ether oxygens (including phenoxy) is 2. The average Bonchev–Trinajstić information content (AvgIpc) is 3.00. The van der Waals surface area contributed by atoms with Gasteiger partial charge in [0.05, 0.1) is 12.0 Å². The molecule has 4 rings (SSSR count). The summed E-state index contributed by atoms with van der Waals surface area (Å²) in [6.07, 6.45) is 5.83. The quantitative estimate of drug-likeness (QED) is 0.793. The molecule has 1 atom stereocenters. The zero-order valence-electron chi connectivity index (χ0n) is 13.5. The summed E-state index contributed by atoms with van der Waals surface area (Å²) in [5.74, 6) is -0.694. The summed E-state index contributed by atoms with van der Waals surface area (Å²) in [6.45, 7) is 2.24. The van der Waals surface area contributed by atoms with Crippen LogP contribution in [-0.4, -0.2) is 24.6 Å². The van der Waals surface area contributed by atoms with E-state index in [9.17, 15) is 9.59 Å². The number of esters is 2. The number of hydrogen-bond acceptors (Lipinski definition) is 4. The lowest BCUT2D eigenvalue weighted by molar-refractivity contribution is -0.137. The van der Waals surface area contributed by atoms with Gasteiger partial charge in [-0.2, -0.15) is 0 Å². The molecule has 2 aromatic rings. The first-order chi connectivity index (χ1) is 11.6. The molecule has 0 saturated carbocycles. The van der Waals surface area contributed by atoms with Gasteiger partial charge in [-0.3, -0.25) is 4.79 Å². The van der Waals surface area contributed by atoms with Crippen molar-refractivity contribution in [2.75, 3.05) is 6.61 Å². The van der Waals surface area contributed by atoms with E-state index in [1.165, 1.54) is 5.56 Å². The highest BCUT2D eigenvalue weighted by Gasteiger charge is 2.28. The third kappa shape index (κ3) is 2.39. The summed E-state index contributed by atoms with van der Waals surface area (Å²) < 4.78 is 10.5. The van der Waals surface area contributed by atoms with Crippen molar-refractivity contribution in [2.24, 2.45) is 0 Å². The van der Waals surface area contributed by atoms with Gasteiger partial charge in [-0.05, 0) is 46.5 Å². The lowest BCUT2D eigenvalue weighted by Crippen LogP contribution is -2.36. The van der Waals surface area contributed by atoms with Crippen LogP contribution in [0, 0.1) is 6.92 Å². The van der Waals surface area contributed by atoms with E-state index in [-0.39, 0.29) is 25.0 Å². The van der Waals surface area contributed by atoms with Crippen molar-refractivity contribution >= 4 is 34.9 Å². The van der Waals surface area contributed by atoms with Crippen LogP contribution in [0.2, 0.25) is 0 Å². The highest BCUT2D eigenvalue weighted by Crippen LogP contribution is 2.21. The van der Waals surface area contributed by atoms with Gasteiger partial charge in [-0.1, -0.05) is 36.4 Å². The predicted molar refractivity (Wildman–Crippen MR) is 90.9 cm³/mol. The maximum atomic E-state index is 12.9. The van der Waals surface area contributed by atoms with Gasteiger partial charge in [0, 0.05) is 0 Å². The van der Waals surface area contributed by atoms with Gasteiger partial charge in [0.2, 0.25) is 0 Å². The summed E-state index contributed by atoms with van der Waals surface area (Å²) >= 11 is 0. The van der Waals surface area contributed by atoms with Gasteiger partial charge in [0.25, 0.3) is 0 Å². The Hall–Kier alpha value is -2.62. The molecule has 4 heteroatoms. The van der Waals surface area contributed by atoms with Crippen LogP contribution in [0.1, 0.15) is 35.2 Å². The third-order valence-electron chi connectivity index (χ3n) is 4.73. The monoisotopic (exact) mass is 322 g/mol. The number of carbonyl (C=O) groups is 2. The molecular weight excluding hydrogens is 304 g/mol. The lowest BCUT2D eigenvalue weighted by atomic mass is 9.92. The molecule has 2 aliphatic rings. The van der Waals surface area contributed by atoms with E-state index in [2.05, 4.69) is 19.1 Å². The number of hydrogen-bond donors (Lipinski definition) is 0. The van der Waals surface area contributed by atoms with Crippen LogP contribution in [0.15, 0.2) is 24.3 Å². The second-order valence-electron chi connectivity index (χ2n) is 6.27. The van der Waals surface area contributed by atoms with Gasteiger partial charge in [-0.15, -0.1) is 0 Å². The molecule has 0 aromatic heterocycles. The smallest absolute Gasteiger partial charge is 0.339 e. The number of aryl methyl sites for hydroxylation is 1. The molecule has 0 N–H and O–H groups in total. The zero-order valence-corrected chi connectivity index (χ0v) is 13.5. The topological polar surface area (TPSA) is 52.6 Å². The van der Waals surface area contributed by atoms with Crippen LogP contribution >= 0.6 is 0 Å². The summed E-state index contributed by atoms with van der Waals surface area (Å²) in [4.78, 5) is 24.1. The van der Waals surface area contributed by atoms with Crippen molar-refractivity contribution in [1.82, 2.24) is 0 Å². The van der Waals surface area contributed by atoms with Crippen molar-refractivity contribution in [2.45, 2.75) is 32.3 Å². The largest absolute Gasteiger partial charge is 0.462 e. The summed E-state index contributed by atoms with van der Waals surface area (Å²) in [6, 6.07) is 7.90. The van der Waals surface area contributed by atoms with Crippen LogP contribution in [0.3, 0.4) is 0 Å². The molecule has 0 amide bonds. The highest BCUT2D eigenvalue weighted by molar-refractivity contribution is 6.06. The Bertz CT molecular complexity index is 971. The lowest BCUT2D eigenvalue weighted by Gasteiger charge is -2.15. The van der Waals surface area contributed by atoms with Gasteiger partial charge >= 0.3 is 11.9 Å². The molecule has 1 heterocycles.